The molecule has 3 aliphatic rings. The van der Waals surface area contributed by atoms with E-state index in [4.69, 9.17) is 9.72 Å². The van der Waals surface area contributed by atoms with E-state index >= 15 is 0 Å². The third kappa shape index (κ3) is 3.75. The summed E-state index contributed by atoms with van der Waals surface area (Å²) in [7, 11) is 0. The monoisotopic (exact) mass is 359 g/mol. The molecular weight excluding hydrogens is 330 g/mol. The van der Waals surface area contributed by atoms with E-state index in [1.54, 1.807) is 0 Å². The highest BCUT2D eigenvalue weighted by Crippen LogP contribution is 2.25. The molecule has 0 unspecified atom stereocenters. The quantitative estimate of drug-likeness (QED) is 0.850. The van der Waals surface area contributed by atoms with Crippen molar-refractivity contribution in [2.45, 2.75) is 44.7 Å². The molecule has 3 aliphatic heterocycles. The second-order valence-electron chi connectivity index (χ2n) is 7.56. The first-order chi connectivity index (χ1) is 12.7. The first-order valence-electron chi connectivity index (χ1n) is 9.88. The molecule has 4 heterocycles. The van der Waals surface area contributed by atoms with Gasteiger partial charge in [-0.25, -0.2) is 9.97 Å². The maximum absolute atomic E-state index is 12.9. The van der Waals surface area contributed by atoms with Crippen LogP contribution in [0.2, 0.25) is 0 Å². The van der Waals surface area contributed by atoms with Crippen molar-refractivity contribution in [1.29, 1.82) is 0 Å². The Morgan fingerprint density at radius 3 is 2.81 bits per heavy atom. The summed E-state index contributed by atoms with van der Waals surface area (Å²) in [6, 6.07) is -0.0876. The van der Waals surface area contributed by atoms with Crippen LogP contribution in [0.25, 0.3) is 0 Å². The van der Waals surface area contributed by atoms with Gasteiger partial charge < -0.3 is 15.0 Å². The number of carbonyl (C=O) groups is 1. The van der Waals surface area contributed by atoms with E-state index in [1.807, 2.05) is 18.0 Å². The number of carbonyl (C=O) groups excluding carboxylic acids is 1. The molecule has 0 aromatic carbocycles. The van der Waals surface area contributed by atoms with Gasteiger partial charge in [0.25, 0.3) is 0 Å². The largest absolute Gasteiger partial charge is 0.379 e. The highest BCUT2D eigenvalue weighted by Gasteiger charge is 2.30. The SMILES string of the molecule is C[C@H](C(=O)N1CCc2nc(C3CCNCC3)ncc2C1)N1CCOCC1. The summed E-state index contributed by atoms with van der Waals surface area (Å²) >= 11 is 0. The van der Waals surface area contributed by atoms with Crippen molar-refractivity contribution in [3.8, 4) is 0 Å². The van der Waals surface area contributed by atoms with E-state index in [0.717, 1.165) is 69.1 Å². The standard InChI is InChI=1S/C19H29N5O2/c1-14(23-8-10-26-11-9-23)19(25)24-7-4-17-16(13-24)12-21-18(22-17)15-2-5-20-6-3-15/h12,14-15,20H,2-11,13H2,1H3/t14-/m1/s1. The summed E-state index contributed by atoms with van der Waals surface area (Å²) in [5.74, 6) is 1.68. The fourth-order valence-electron chi connectivity index (χ4n) is 4.18. The number of nitrogens with zero attached hydrogens (tertiary/aromatic N) is 4. The fraction of sp³-hybridized carbons (Fsp3) is 0.737. The van der Waals surface area contributed by atoms with Gasteiger partial charge in [-0.3, -0.25) is 9.69 Å². The summed E-state index contributed by atoms with van der Waals surface area (Å²) in [5.41, 5.74) is 2.24. The second-order valence-corrected chi connectivity index (χ2v) is 7.56. The molecule has 2 saturated heterocycles. The molecule has 0 bridgehead atoms. The Morgan fingerprint density at radius 1 is 1.27 bits per heavy atom. The van der Waals surface area contributed by atoms with Gasteiger partial charge in [0.05, 0.1) is 24.9 Å². The highest BCUT2D eigenvalue weighted by molar-refractivity contribution is 5.81. The lowest BCUT2D eigenvalue weighted by Gasteiger charge is -2.36. The Hall–Kier alpha value is -1.57. The van der Waals surface area contributed by atoms with Gasteiger partial charge in [-0.15, -0.1) is 0 Å². The van der Waals surface area contributed by atoms with Gasteiger partial charge >= 0.3 is 0 Å². The van der Waals surface area contributed by atoms with Gasteiger partial charge in [0.2, 0.25) is 5.91 Å². The Balaban J connectivity index is 1.41. The number of ether oxygens (including phenoxy) is 1. The molecule has 0 aliphatic carbocycles. The first kappa shape index (κ1) is 17.8. The minimum absolute atomic E-state index is 0.0876. The zero-order valence-electron chi connectivity index (χ0n) is 15.6. The average Bonchev–Trinajstić information content (AvgIpc) is 2.73. The van der Waals surface area contributed by atoms with Crippen LogP contribution in [0.1, 0.15) is 42.8 Å². The molecule has 26 heavy (non-hydrogen) atoms. The lowest BCUT2D eigenvalue weighted by atomic mass is 9.96. The van der Waals surface area contributed by atoms with Gasteiger partial charge in [0, 0.05) is 50.3 Å². The summed E-state index contributed by atoms with van der Waals surface area (Å²) in [6.07, 6.45) is 5.01. The number of hydrogen-bond donors (Lipinski definition) is 1. The molecule has 1 aromatic rings. The fourth-order valence-corrected chi connectivity index (χ4v) is 4.18. The van der Waals surface area contributed by atoms with E-state index in [9.17, 15) is 4.79 Å². The normalized spacial score (nSPS) is 23.5. The van der Waals surface area contributed by atoms with E-state index in [0.29, 0.717) is 25.7 Å². The highest BCUT2D eigenvalue weighted by atomic mass is 16.5. The van der Waals surface area contributed by atoms with Crippen molar-refractivity contribution in [3.05, 3.63) is 23.3 Å². The van der Waals surface area contributed by atoms with Gasteiger partial charge in [0.1, 0.15) is 5.82 Å². The summed E-state index contributed by atoms with van der Waals surface area (Å²) < 4.78 is 5.40. The number of aromatic nitrogens is 2. The predicted octanol–water partition coefficient (Wildman–Crippen LogP) is 0.549. The zero-order valence-corrected chi connectivity index (χ0v) is 15.6. The van der Waals surface area contributed by atoms with Crippen molar-refractivity contribution in [2.75, 3.05) is 45.9 Å². The van der Waals surface area contributed by atoms with Gasteiger partial charge in [-0.1, -0.05) is 0 Å². The van der Waals surface area contributed by atoms with E-state index in [-0.39, 0.29) is 11.9 Å². The van der Waals surface area contributed by atoms with E-state index < -0.39 is 0 Å². The Labute approximate surface area is 155 Å². The van der Waals surface area contributed by atoms with Crippen molar-refractivity contribution in [2.24, 2.45) is 0 Å². The maximum atomic E-state index is 12.9. The second kappa shape index (κ2) is 7.98. The molecule has 7 heteroatoms. The summed E-state index contributed by atoms with van der Waals surface area (Å²) in [4.78, 5) is 26.6. The van der Waals surface area contributed by atoms with Crippen LogP contribution in [-0.2, 0) is 22.5 Å². The van der Waals surface area contributed by atoms with Crippen LogP contribution in [0.4, 0.5) is 0 Å². The van der Waals surface area contributed by atoms with Crippen LogP contribution in [-0.4, -0.2) is 77.7 Å². The van der Waals surface area contributed by atoms with Crippen LogP contribution < -0.4 is 5.32 Å². The number of rotatable bonds is 3. The number of amides is 1. The first-order valence-corrected chi connectivity index (χ1v) is 9.88. The molecule has 1 aromatic heterocycles. The Morgan fingerprint density at radius 2 is 2.04 bits per heavy atom. The van der Waals surface area contributed by atoms with Crippen LogP contribution in [0, 0.1) is 0 Å². The lowest BCUT2D eigenvalue weighted by Crippen LogP contribution is -2.51. The zero-order chi connectivity index (χ0) is 17.9. The number of morpholine rings is 1. The predicted molar refractivity (Wildman–Crippen MR) is 97.9 cm³/mol. The lowest BCUT2D eigenvalue weighted by molar-refractivity contribution is -0.139. The molecule has 2 fully saturated rings. The molecule has 0 saturated carbocycles. The van der Waals surface area contributed by atoms with Gasteiger partial charge in [-0.2, -0.15) is 0 Å². The molecule has 1 amide bonds. The van der Waals surface area contributed by atoms with E-state index in [2.05, 4.69) is 15.2 Å². The summed E-state index contributed by atoms with van der Waals surface area (Å²) in [6.45, 7) is 8.60. The van der Waals surface area contributed by atoms with Crippen molar-refractivity contribution in [3.63, 3.8) is 0 Å². The van der Waals surface area contributed by atoms with E-state index in [1.165, 1.54) is 0 Å². The Bertz CT molecular complexity index is 641. The smallest absolute Gasteiger partial charge is 0.239 e. The third-order valence-corrected chi connectivity index (χ3v) is 5.92. The molecule has 1 atom stereocenters. The molecular formula is C19H29N5O2. The average molecular weight is 359 g/mol. The molecule has 7 nitrogen and oxygen atoms in total. The van der Waals surface area contributed by atoms with Gasteiger partial charge in [0.15, 0.2) is 0 Å². The van der Waals surface area contributed by atoms with Crippen LogP contribution in [0.15, 0.2) is 6.20 Å². The van der Waals surface area contributed by atoms with Crippen LogP contribution >= 0.6 is 0 Å². The topological polar surface area (TPSA) is 70.6 Å². The third-order valence-electron chi connectivity index (χ3n) is 5.92. The molecule has 142 valence electrons. The minimum Gasteiger partial charge on any atom is -0.379 e. The minimum atomic E-state index is -0.0876. The molecule has 4 rings (SSSR count). The van der Waals surface area contributed by atoms with Crippen LogP contribution in [0.3, 0.4) is 0 Å². The number of hydrogen-bond acceptors (Lipinski definition) is 6. The number of fused-ring (bicyclic) bond motifs is 1. The molecule has 0 radical (unpaired) electrons. The van der Waals surface area contributed by atoms with Crippen molar-refractivity contribution < 1.29 is 9.53 Å². The summed E-state index contributed by atoms with van der Waals surface area (Å²) in [5, 5.41) is 3.39. The molecule has 1 N–H and O–H groups in total. The molecule has 0 spiro atoms. The number of piperidine rings is 1. The van der Waals surface area contributed by atoms with Crippen molar-refractivity contribution >= 4 is 5.91 Å². The van der Waals surface area contributed by atoms with Crippen molar-refractivity contribution in [1.82, 2.24) is 25.1 Å². The van der Waals surface area contributed by atoms with Gasteiger partial charge in [-0.05, 0) is 32.9 Å². The number of nitrogens with one attached hydrogen (secondary N) is 1. The Kier molecular flexibility index (Phi) is 5.47. The maximum Gasteiger partial charge on any atom is 0.239 e. The van der Waals surface area contributed by atoms with Crippen LogP contribution in [0.5, 0.6) is 0 Å².